The van der Waals surface area contributed by atoms with Gasteiger partial charge in [0, 0.05) is 17.1 Å². The lowest BCUT2D eigenvalue weighted by Crippen LogP contribution is -2.17. The standard InChI is InChI=1S/C13H12F3NO2S/c14-13(15,16)19-10-5-3-9(4-6-10)17-8-11(18)12-2-1-7-20-12/h1-7,11,17-18H,8H2. The Kier molecular flexibility index (Phi) is 4.51. The lowest BCUT2D eigenvalue weighted by atomic mass is 10.2. The summed E-state index contributed by atoms with van der Waals surface area (Å²) in [7, 11) is 0. The van der Waals surface area contributed by atoms with Crippen LogP contribution in [0.25, 0.3) is 0 Å². The highest BCUT2D eigenvalue weighted by Crippen LogP contribution is 2.24. The van der Waals surface area contributed by atoms with E-state index in [1.807, 2.05) is 17.5 Å². The molecule has 1 aromatic heterocycles. The third-order valence-corrected chi connectivity index (χ3v) is 3.43. The number of benzene rings is 1. The quantitative estimate of drug-likeness (QED) is 0.883. The summed E-state index contributed by atoms with van der Waals surface area (Å²) in [5.41, 5.74) is 0.607. The molecule has 0 amide bonds. The summed E-state index contributed by atoms with van der Waals surface area (Å²) >= 11 is 1.44. The predicted octanol–water partition coefficient (Wildman–Crippen LogP) is 3.79. The third kappa shape index (κ3) is 4.43. The molecule has 0 spiro atoms. The summed E-state index contributed by atoms with van der Waals surface area (Å²) in [6.45, 7) is 0.278. The Hall–Kier alpha value is -1.73. The zero-order valence-corrected chi connectivity index (χ0v) is 11.0. The Labute approximate surface area is 117 Å². The largest absolute Gasteiger partial charge is 0.573 e. The van der Waals surface area contributed by atoms with Gasteiger partial charge < -0.3 is 15.2 Å². The number of ether oxygens (including phenoxy) is 1. The predicted molar refractivity (Wildman–Crippen MR) is 70.9 cm³/mol. The highest BCUT2D eigenvalue weighted by Gasteiger charge is 2.30. The van der Waals surface area contributed by atoms with Crippen LogP contribution in [0.5, 0.6) is 5.75 Å². The van der Waals surface area contributed by atoms with E-state index >= 15 is 0 Å². The number of halogens is 3. The maximum Gasteiger partial charge on any atom is 0.573 e. The number of hydrogen-bond donors (Lipinski definition) is 2. The molecule has 108 valence electrons. The lowest BCUT2D eigenvalue weighted by molar-refractivity contribution is -0.274. The molecule has 2 rings (SSSR count). The van der Waals surface area contributed by atoms with Crippen molar-refractivity contribution < 1.29 is 23.0 Å². The fraction of sp³-hybridized carbons (Fsp3) is 0.231. The summed E-state index contributed by atoms with van der Waals surface area (Å²) in [4.78, 5) is 0.828. The Morgan fingerprint density at radius 1 is 1.20 bits per heavy atom. The number of rotatable bonds is 5. The van der Waals surface area contributed by atoms with Crippen LogP contribution in [0.2, 0.25) is 0 Å². The molecule has 1 atom stereocenters. The van der Waals surface area contributed by atoms with Crippen molar-refractivity contribution in [3.8, 4) is 5.75 Å². The van der Waals surface area contributed by atoms with E-state index in [2.05, 4.69) is 10.1 Å². The molecule has 7 heteroatoms. The molecule has 1 heterocycles. The summed E-state index contributed by atoms with van der Waals surface area (Å²) < 4.78 is 39.7. The second-order valence-corrected chi connectivity index (χ2v) is 4.96. The van der Waals surface area contributed by atoms with E-state index in [1.165, 1.54) is 35.6 Å². The molecule has 1 unspecified atom stereocenters. The maximum atomic E-state index is 12.0. The van der Waals surface area contributed by atoms with Gasteiger partial charge in [-0.05, 0) is 35.7 Å². The van der Waals surface area contributed by atoms with Gasteiger partial charge in [0.15, 0.2) is 0 Å². The van der Waals surface area contributed by atoms with Gasteiger partial charge in [-0.2, -0.15) is 0 Å². The van der Waals surface area contributed by atoms with Crippen LogP contribution >= 0.6 is 11.3 Å². The zero-order chi connectivity index (χ0) is 14.6. The highest BCUT2D eigenvalue weighted by molar-refractivity contribution is 7.10. The van der Waals surface area contributed by atoms with E-state index < -0.39 is 12.5 Å². The van der Waals surface area contributed by atoms with Crippen LogP contribution in [0.3, 0.4) is 0 Å². The molecule has 0 fully saturated rings. The Balaban J connectivity index is 1.88. The van der Waals surface area contributed by atoms with Crippen molar-refractivity contribution in [2.24, 2.45) is 0 Å². The molecular formula is C13H12F3NO2S. The van der Waals surface area contributed by atoms with Crippen molar-refractivity contribution in [1.29, 1.82) is 0 Å². The van der Waals surface area contributed by atoms with Crippen molar-refractivity contribution in [2.75, 3.05) is 11.9 Å². The first-order valence-electron chi connectivity index (χ1n) is 5.75. The molecule has 2 aromatic rings. The van der Waals surface area contributed by atoms with E-state index in [0.717, 1.165) is 4.88 Å². The van der Waals surface area contributed by atoms with E-state index in [1.54, 1.807) is 0 Å². The molecule has 1 aromatic carbocycles. The smallest absolute Gasteiger partial charge is 0.406 e. The average Bonchev–Trinajstić information content (AvgIpc) is 2.89. The van der Waals surface area contributed by atoms with Crippen LogP contribution < -0.4 is 10.1 Å². The number of anilines is 1. The van der Waals surface area contributed by atoms with Crippen molar-refractivity contribution in [2.45, 2.75) is 12.5 Å². The van der Waals surface area contributed by atoms with Gasteiger partial charge in [-0.25, -0.2) is 0 Å². The zero-order valence-electron chi connectivity index (χ0n) is 10.2. The summed E-state index contributed by atoms with van der Waals surface area (Å²) in [6, 6.07) is 9.01. The van der Waals surface area contributed by atoms with Gasteiger partial charge in [0.2, 0.25) is 0 Å². The Bertz CT molecular complexity index is 526. The normalized spacial score (nSPS) is 13.0. The van der Waals surface area contributed by atoms with E-state index in [9.17, 15) is 18.3 Å². The number of aliphatic hydroxyl groups excluding tert-OH is 1. The monoisotopic (exact) mass is 303 g/mol. The molecule has 0 saturated heterocycles. The third-order valence-electron chi connectivity index (χ3n) is 2.46. The minimum absolute atomic E-state index is 0.276. The summed E-state index contributed by atoms with van der Waals surface area (Å²) in [5.74, 6) is -0.276. The SMILES string of the molecule is OC(CNc1ccc(OC(F)(F)F)cc1)c1cccs1. The first-order valence-corrected chi connectivity index (χ1v) is 6.63. The van der Waals surface area contributed by atoms with Crippen LogP contribution in [0.1, 0.15) is 11.0 Å². The molecule has 3 nitrogen and oxygen atoms in total. The van der Waals surface area contributed by atoms with Crippen molar-refractivity contribution in [3.05, 3.63) is 46.7 Å². The van der Waals surface area contributed by atoms with Crippen LogP contribution in [-0.4, -0.2) is 18.0 Å². The van der Waals surface area contributed by atoms with E-state index in [4.69, 9.17) is 0 Å². The van der Waals surface area contributed by atoms with Gasteiger partial charge in [-0.3, -0.25) is 0 Å². The van der Waals surface area contributed by atoms with Gasteiger partial charge in [0.25, 0.3) is 0 Å². The second-order valence-electron chi connectivity index (χ2n) is 3.98. The first kappa shape index (κ1) is 14.7. The second kappa shape index (κ2) is 6.15. The minimum atomic E-state index is -4.69. The van der Waals surface area contributed by atoms with Gasteiger partial charge >= 0.3 is 6.36 Å². The molecule has 0 aliphatic carbocycles. The van der Waals surface area contributed by atoms with Gasteiger partial charge in [-0.15, -0.1) is 24.5 Å². The molecular weight excluding hydrogens is 291 g/mol. The number of nitrogens with one attached hydrogen (secondary N) is 1. The number of hydrogen-bond acceptors (Lipinski definition) is 4. The topological polar surface area (TPSA) is 41.5 Å². The molecule has 0 aliphatic heterocycles. The average molecular weight is 303 g/mol. The minimum Gasteiger partial charge on any atom is -0.406 e. The number of alkyl halides is 3. The Morgan fingerprint density at radius 3 is 2.45 bits per heavy atom. The fourth-order valence-electron chi connectivity index (χ4n) is 1.57. The van der Waals surface area contributed by atoms with Gasteiger partial charge in [0.05, 0.1) is 0 Å². The van der Waals surface area contributed by atoms with Crippen LogP contribution in [-0.2, 0) is 0 Å². The highest BCUT2D eigenvalue weighted by atomic mass is 32.1. The van der Waals surface area contributed by atoms with Gasteiger partial charge in [0.1, 0.15) is 11.9 Å². The van der Waals surface area contributed by atoms with Crippen LogP contribution in [0.4, 0.5) is 18.9 Å². The fourth-order valence-corrected chi connectivity index (χ4v) is 2.28. The van der Waals surface area contributed by atoms with Gasteiger partial charge in [-0.1, -0.05) is 6.07 Å². The van der Waals surface area contributed by atoms with E-state index in [-0.39, 0.29) is 12.3 Å². The maximum absolute atomic E-state index is 12.0. The molecule has 0 bridgehead atoms. The van der Waals surface area contributed by atoms with E-state index in [0.29, 0.717) is 5.69 Å². The molecule has 20 heavy (non-hydrogen) atoms. The molecule has 0 aliphatic rings. The lowest BCUT2D eigenvalue weighted by Gasteiger charge is -2.12. The molecule has 2 N–H and O–H groups in total. The molecule has 0 radical (unpaired) electrons. The van der Waals surface area contributed by atoms with Crippen LogP contribution in [0, 0.1) is 0 Å². The summed E-state index contributed by atoms with van der Waals surface area (Å²) in [6.07, 6.45) is -5.34. The van der Waals surface area contributed by atoms with Crippen molar-refractivity contribution in [3.63, 3.8) is 0 Å². The Morgan fingerprint density at radius 2 is 1.90 bits per heavy atom. The number of aliphatic hydroxyl groups is 1. The first-order chi connectivity index (χ1) is 9.44. The number of thiophene rings is 1. The summed E-state index contributed by atoms with van der Waals surface area (Å²) in [5, 5.41) is 14.7. The van der Waals surface area contributed by atoms with Crippen LogP contribution in [0.15, 0.2) is 41.8 Å². The van der Waals surface area contributed by atoms with Crippen molar-refractivity contribution in [1.82, 2.24) is 0 Å². The van der Waals surface area contributed by atoms with Crippen molar-refractivity contribution >= 4 is 17.0 Å². The molecule has 0 saturated carbocycles.